The molecule has 4 nitrogen and oxygen atoms in total. The quantitative estimate of drug-likeness (QED) is 0.480. The van der Waals surface area contributed by atoms with Crippen LogP contribution in [0.3, 0.4) is 0 Å². The molecule has 3 rings (SSSR count). The van der Waals surface area contributed by atoms with E-state index < -0.39 is 7.69 Å². The van der Waals surface area contributed by atoms with Crippen LogP contribution in [0.15, 0.2) is 48.7 Å². The summed E-state index contributed by atoms with van der Waals surface area (Å²) in [6, 6.07) is 13.9. The third-order valence-corrected chi connectivity index (χ3v) is 1.80. The summed E-state index contributed by atoms with van der Waals surface area (Å²) < 4.78 is 0. The zero-order chi connectivity index (χ0) is 11.8. The molecule has 0 atom stereocenters. The van der Waals surface area contributed by atoms with E-state index in [2.05, 4.69) is 29.2 Å². The van der Waals surface area contributed by atoms with Gasteiger partial charge >= 0.3 is 7.69 Å². The van der Waals surface area contributed by atoms with Crippen molar-refractivity contribution in [1.82, 2.24) is 4.98 Å². The number of hydrogen-bond donors (Lipinski definition) is 3. The molecular formula is C11H13BN2O2. The SMILES string of the molecule is Nc1ccccn1.OBO.c1cc2cc-2c1. The highest BCUT2D eigenvalue weighted by atomic mass is 16.4. The second kappa shape index (κ2) is 6.60. The van der Waals surface area contributed by atoms with Gasteiger partial charge in [-0.1, -0.05) is 24.3 Å². The summed E-state index contributed by atoms with van der Waals surface area (Å²) in [5.41, 5.74) is 8.10. The summed E-state index contributed by atoms with van der Waals surface area (Å²) in [5, 5.41) is 14.2. The van der Waals surface area contributed by atoms with E-state index in [0.717, 1.165) is 0 Å². The molecule has 0 fully saturated rings. The second-order valence-electron chi connectivity index (χ2n) is 2.98. The van der Waals surface area contributed by atoms with Crippen molar-refractivity contribution < 1.29 is 10.0 Å². The topological polar surface area (TPSA) is 79.4 Å². The Morgan fingerprint density at radius 2 is 1.62 bits per heavy atom. The number of fused-ring (bicyclic) bond motifs is 1. The molecule has 16 heavy (non-hydrogen) atoms. The van der Waals surface area contributed by atoms with Crippen LogP contribution < -0.4 is 5.73 Å². The van der Waals surface area contributed by atoms with Gasteiger partial charge in [-0.2, -0.15) is 0 Å². The van der Waals surface area contributed by atoms with Gasteiger partial charge in [0.15, 0.2) is 0 Å². The molecule has 0 spiro atoms. The Kier molecular flexibility index (Phi) is 5.05. The monoisotopic (exact) mass is 216 g/mol. The summed E-state index contributed by atoms with van der Waals surface area (Å²) >= 11 is 0. The normalized spacial score (nSPS) is 8.88. The summed E-state index contributed by atoms with van der Waals surface area (Å²) in [6.07, 6.45) is 1.66. The Balaban J connectivity index is 0.000000131. The Labute approximate surface area is 94.7 Å². The van der Waals surface area contributed by atoms with Gasteiger partial charge < -0.3 is 15.8 Å². The van der Waals surface area contributed by atoms with Gasteiger partial charge in [0.2, 0.25) is 0 Å². The summed E-state index contributed by atoms with van der Waals surface area (Å²) in [4.78, 5) is 3.76. The van der Waals surface area contributed by atoms with Crippen molar-refractivity contribution in [3.8, 4) is 11.1 Å². The molecule has 0 saturated carbocycles. The molecule has 0 aliphatic heterocycles. The first-order chi connectivity index (χ1) is 7.77. The fourth-order valence-corrected chi connectivity index (χ4v) is 1.05. The van der Waals surface area contributed by atoms with Crippen LogP contribution in [0.2, 0.25) is 0 Å². The highest BCUT2D eigenvalue weighted by Crippen LogP contribution is 2.32. The minimum Gasteiger partial charge on any atom is -0.430 e. The first kappa shape index (κ1) is 12.2. The molecule has 1 aromatic heterocycles. The maximum atomic E-state index is 7.12. The van der Waals surface area contributed by atoms with Crippen LogP contribution in [-0.4, -0.2) is 22.7 Å². The standard InChI is InChI=1S/C6H4.C5H6N2.BH3O2/c1-2-5-4-6(5)3-1;6-5-3-1-2-4-7-5;2-1-3/h1-4H;1-4H,(H2,6,7);1-3H. The number of benzene rings is 1. The third-order valence-electron chi connectivity index (χ3n) is 1.80. The van der Waals surface area contributed by atoms with E-state index in [1.54, 1.807) is 12.3 Å². The van der Waals surface area contributed by atoms with E-state index in [0.29, 0.717) is 5.82 Å². The Morgan fingerprint density at radius 3 is 1.81 bits per heavy atom. The van der Waals surface area contributed by atoms with Crippen molar-refractivity contribution in [2.45, 2.75) is 0 Å². The van der Waals surface area contributed by atoms with E-state index in [4.69, 9.17) is 15.8 Å². The maximum absolute atomic E-state index is 7.12. The lowest BCUT2D eigenvalue weighted by atomic mass is 10.5. The van der Waals surface area contributed by atoms with E-state index in [-0.39, 0.29) is 0 Å². The van der Waals surface area contributed by atoms with E-state index in [1.165, 1.54) is 11.1 Å². The van der Waals surface area contributed by atoms with Gasteiger partial charge in [0.05, 0.1) is 0 Å². The number of rotatable bonds is 0. The highest BCUT2D eigenvalue weighted by Gasteiger charge is 2.06. The van der Waals surface area contributed by atoms with E-state index in [1.807, 2.05) is 12.1 Å². The van der Waals surface area contributed by atoms with Gasteiger partial charge in [0.1, 0.15) is 5.82 Å². The molecule has 5 heteroatoms. The number of nitrogens with zero attached hydrogens (tertiary/aromatic N) is 1. The average Bonchev–Trinajstić information content (AvgIpc) is 2.89. The van der Waals surface area contributed by atoms with Gasteiger partial charge in [-0.25, -0.2) is 4.98 Å². The molecule has 2 aliphatic rings. The first-order valence-corrected chi connectivity index (χ1v) is 4.76. The number of pyridine rings is 1. The van der Waals surface area contributed by atoms with Crippen LogP contribution in [0.4, 0.5) is 5.82 Å². The zero-order valence-electron chi connectivity index (χ0n) is 8.74. The third kappa shape index (κ3) is 4.59. The highest BCUT2D eigenvalue weighted by molar-refractivity contribution is 6.13. The lowest BCUT2D eigenvalue weighted by Crippen LogP contribution is -1.85. The van der Waals surface area contributed by atoms with Gasteiger partial charge in [-0.05, 0) is 29.3 Å². The van der Waals surface area contributed by atoms with Gasteiger partial charge in [-0.15, -0.1) is 0 Å². The van der Waals surface area contributed by atoms with Crippen LogP contribution in [0.1, 0.15) is 0 Å². The lowest BCUT2D eigenvalue weighted by Gasteiger charge is -1.82. The molecule has 0 aromatic carbocycles. The van der Waals surface area contributed by atoms with Gasteiger partial charge in [0, 0.05) is 6.20 Å². The minimum absolute atomic E-state index is 0.572. The molecule has 0 amide bonds. The molecule has 0 bridgehead atoms. The first-order valence-electron chi connectivity index (χ1n) is 4.76. The molecule has 1 heterocycles. The number of nitrogen functional groups attached to an aromatic ring is 1. The number of anilines is 1. The van der Waals surface area contributed by atoms with Crippen LogP contribution in [0.5, 0.6) is 0 Å². The summed E-state index contributed by atoms with van der Waals surface area (Å²) in [5.74, 6) is 0.572. The Hall–Kier alpha value is -1.85. The van der Waals surface area contributed by atoms with Crippen molar-refractivity contribution in [2.24, 2.45) is 0 Å². The molecule has 0 unspecified atom stereocenters. The van der Waals surface area contributed by atoms with Gasteiger partial charge in [0.25, 0.3) is 0 Å². The predicted molar refractivity (Wildman–Crippen MR) is 65.7 cm³/mol. The minimum atomic E-state index is -0.750. The molecular weight excluding hydrogens is 203 g/mol. The van der Waals surface area contributed by atoms with E-state index >= 15 is 0 Å². The molecule has 4 N–H and O–H groups in total. The van der Waals surface area contributed by atoms with Crippen molar-refractivity contribution in [3.05, 3.63) is 48.7 Å². The molecule has 1 aromatic rings. The van der Waals surface area contributed by atoms with Crippen LogP contribution >= 0.6 is 0 Å². The smallest absolute Gasteiger partial charge is 0.430 e. The summed E-state index contributed by atoms with van der Waals surface area (Å²) in [7, 11) is -0.750. The number of hydrogen-bond acceptors (Lipinski definition) is 4. The van der Waals surface area contributed by atoms with Crippen LogP contribution in [-0.2, 0) is 0 Å². The largest absolute Gasteiger partial charge is 0.432 e. The molecule has 0 radical (unpaired) electrons. The maximum Gasteiger partial charge on any atom is 0.432 e. The Morgan fingerprint density at radius 1 is 1.00 bits per heavy atom. The number of aromatic nitrogens is 1. The van der Waals surface area contributed by atoms with Crippen molar-refractivity contribution >= 4 is 13.5 Å². The molecule has 2 aliphatic carbocycles. The van der Waals surface area contributed by atoms with E-state index in [9.17, 15) is 0 Å². The van der Waals surface area contributed by atoms with Gasteiger partial charge in [-0.3, -0.25) is 0 Å². The fourth-order valence-electron chi connectivity index (χ4n) is 1.05. The molecule has 0 saturated heterocycles. The van der Waals surface area contributed by atoms with Crippen molar-refractivity contribution in [3.63, 3.8) is 0 Å². The fraction of sp³-hybridized carbons (Fsp3) is 0. The van der Waals surface area contributed by atoms with Crippen LogP contribution in [0.25, 0.3) is 11.1 Å². The number of nitrogens with two attached hydrogens (primary N) is 1. The predicted octanol–water partition coefficient (Wildman–Crippen LogP) is 0.568. The summed E-state index contributed by atoms with van der Waals surface area (Å²) in [6.45, 7) is 0. The van der Waals surface area contributed by atoms with Crippen molar-refractivity contribution in [2.75, 3.05) is 5.73 Å². The van der Waals surface area contributed by atoms with Crippen molar-refractivity contribution in [1.29, 1.82) is 0 Å². The second-order valence-corrected chi connectivity index (χ2v) is 2.98. The zero-order valence-corrected chi connectivity index (χ0v) is 8.74. The van der Waals surface area contributed by atoms with Crippen LogP contribution in [0, 0.1) is 0 Å². The Bertz CT molecular complexity index is 406. The molecule has 82 valence electrons. The average molecular weight is 216 g/mol. The lowest BCUT2D eigenvalue weighted by molar-refractivity contribution is 0.448.